The molecule has 0 unspecified atom stereocenters. The van der Waals surface area contributed by atoms with Gasteiger partial charge in [0.05, 0.1) is 4.90 Å². The molecule has 3 nitrogen and oxygen atoms in total. The molecule has 1 N–H and O–H groups in total. The molecule has 0 aromatic heterocycles. The molecule has 0 atom stereocenters. The number of rotatable bonds is 1. The third kappa shape index (κ3) is 2.94. The summed E-state index contributed by atoms with van der Waals surface area (Å²) in [6, 6.07) is 4.78. The maximum atomic E-state index is 10.8. The first-order valence-electron chi connectivity index (χ1n) is 3.46. The minimum Gasteiger partial charge on any atom is -1.00 e. The minimum absolute atomic E-state index is 0. The van der Waals surface area contributed by atoms with Crippen LogP contribution in [0.3, 0.4) is 0 Å². The smallest absolute Gasteiger partial charge is 1.00 e. The summed E-state index contributed by atoms with van der Waals surface area (Å²) in [5.41, 5.74) is 1.45. The van der Waals surface area contributed by atoms with E-state index in [0.717, 1.165) is 5.56 Å². The molecular formula is C8H12MgO3S. The van der Waals surface area contributed by atoms with E-state index in [1.165, 1.54) is 6.07 Å². The van der Waals surface area contributed by atoms with Gasteiger partial charge in [-0.2, -0.15) is 8.42 Å². The first-order chi connectivity index (χ1) is 5.43. The molecule has 0 aliphatic carbocycles. The number of hydrogen-bond acceptors (Lipinski definition) is 2. The van der Waals surface area contributed by atoms with Gasteiger partial charge in [0, 0.05) is 0 Å². The topological polar surface area (TPSA) is 54.4 Å². The Balaban J connectivity index is -0.000000480. The van der Waals surface area contributed by atoms with Gasteiger partial charge in [-0.25, -0.2) is 0 Å². The molecule has 0 spiro atoms. The molecule has 0 fully saturated rings. The molecule has 0 saturated heterocycles. The van der Waals surface area contributed by atoms with E-state index in [9.17, 15) is 8.42 Å². The number of benzene rings is 1. The van der Waals surface area contributed by atoms with Gasteiger partial charge in [0.2, 0.25) is 0 Å². The van der Waals surface area contributed by atoms with Crippen LogP contribution in [0, 0.1) is 13.8 Å². The molecule has 1 aromatic rings. The summed E-state index contributed by atoms with van der Waals surface area (Å²) in [6.07, 6.45) is 0. The Morgan fingerprint density at radius 1 is 1.31 bits per heavy atom. The number of aryl methyl sites for hydroxylation is 1. The molecule has 0 aliphatic rings. The molecule has 1 rings (SSSR count). The fourth-order valence-corrected chi connectivity index (χ4v) is 1.80. The fourth-order valence-electron chi connectivity index (χ4n) is 1.00. The molecule has 5 heteroatoms. The van der Waals surface area contributed by atoms with Crippen molar-refractivity contribution in [3.8, 4) is 0 Å². The van der Waals surface area contributed by atoms with Crippen LogP contribution in [0.4, 0.5) is 0 Å². The van der Waals surface area contributed by atoms with E-state index in [4.69, 9.17) is 4.55 Å². The summed E-state index contributed by atoms with van der Waals surface area (Å²) >= 11 is 0. The zero-order chi connectivity index (χ0) is 9.35. The zero-order valence-electron chi connectivity index (χ0n) is 9.61. The van der Waals surface area contributed by atoms with Crippen LogP contribution < -0.4 is 0 Å². The van der Waals surface area contributed by atoms with Crippen LogP contribution in [0.15, 0.2) is 23.1 Å². The van der Waals surface area contributed by atoms with E-state index in [2.05, 4.69) is 0 Å². The van der Waals surface area contributed by atoms with Crippen molar-refractivity contribution in [2.24, 2.45) is 0 Å². The Hall–Kier alpha value is -0.104. The summed E-state index contributed by atoms with van der Waals surface area (Å²) in [4.78, 5) is -0.0116. The van der Waals surface area contributed by atoms with Crippen molar-refractivity contribution in [1.82, 2.24) is 0 Å². The van der Waals surface area contributed by atoms with Gasteiger partial charge >= 0.3 is 23.1 Å². The second kappa shape index (κ2) is 4.41. The summed E-state index contributed by atoms with van der Waals surface area (Å²) in [6.45, 7) is 3.46. The van der Waals surface area contributed by atoms with Gasteiger partial charge in [0.15, 0.2) is 0 Å². The largest absolute Gasteiger partial charge is 2.00 e. The summed E-state index contributed by atoms with van der Waals surface area (Å²) in [5, 5.41) is 0. The average molecular weight is 213 g/mol. The van der Waals surface area contributed by atoms with Crippen LogP contribution in [0.5, 0.6) is 0 Å². The first-order valence-corrected chi connectivity index (χ1v) is 4.90. The molecule has 0 saturated carbocycles. The second-order valence-electron chi connectivity index (χ2n) is 2.67. The van der Waals surface area contributed by atoms with Crippen LogP contribution in [0.2, 0.25) is 0 Å². The maximum absolute atomic E-state index is 10.8. The Morgan fingerprint density at radius 3 is 2.23 bits per heavy atom. The summed E-state index contributed by atoms with van der Waals surface area (Å²) in [7, 11) is -4.06. The van der Waals surface area contributed by atoms with Gasteiger partial charge < -0.3 is 2.85 Å². The van der Waals surface area contributed by atoms with Gasteiger partial charge in [-0.05, 0) is 31.0 Å². The Labute approximate surface area is 97.0 Å². The molecule has 0 radical (unpaired) electrons. The van der Waals surface area contributed by atoms with Crippen LogP contribution in [-0.4, -0.2) is 36.0 Å². The van der Waals surface area contributed by atoms with Gasteiger partial charge in [-0.3, -0.25) is 4.55 Å². The van der Waals surface area contributed by atoms with Crippen LogP contribution >= 0.6 is 0 Å². The van der Waals surface area contributed by atoms with Crippen molar-refractivity contribution < 1.29 is 15.8 Å². The van der Waals surface area contributed by atoms with Gasteiger partial charge in [0.1, 0.15) is 0 Å². The SMILES string of the molecule is Cc1cccc(S(=O)(=O)O)c1C.[H-].[H-].[Mg+2]. The monoisotopic (exact) mass is 212 g/mol. The van der Waals surface area contributed by atoms with Crippen LogP contribution in [0.1, 0.15) is 14.0 Å². The third-order valence-corrected chi connectivity index (χ3v) is 2.83. The molecule has 70 valence electrons. The predicted octanol–water partition coefficient (Wildman–Crippen LogP) is 1.39. The predicted molar refractivity (Wildman–Crippen MR) is 53.7 cm³/mol. The fraction of sp³-hybridized carbons (Fsp3) is 0.250. The van der Waals surface area contributed by atoms with Crippen molar-refractivity contribution in [3.63, 3.8) is 0 Å². The molecule has 0 bridgehead atoms. The summed E-state index contributed by atoms with van der Waals surface area (Å²) in [5.74, 6) is 0. The molecule has 13 heavy (non-hydrogen) atoms. The zero-order valence-corrected chi connectivity index (χ0v) is 9.84. The van der Waals surface area contributed by atoms with E-state index < -0.39 is 10.1 Å². The maximum Gasteiger partial charge on any atom is 2.00 e. The van der Waals surface area contributed by atoms with Gasteiger partial charge in [-0.1, -0.05) is 12.1 Å². The molecule has 0 heterocycles. The Kier molecular flexibility index (Phi) is 4.37. The summed E-state index contributed by atoms with van der Waals surface area (Å²) < 4.78 is 30.3. The van der Waals surface area contributed by atoms with Crippen molar-refractivity contribution >= 4 is 33.2 Å². The van der Waals surface area contributed by atoms with E-state index in [1.807, 2.05) is 0 Å². The number of hydrogen-bond donors (Lipinski definition) is 1. The molecule has 0 amide bonds. The Bertz CT molecular complexity index is 406. The van der Waals surface area contributed by atoms with Crippen LogP contribution in [0.25, 0.3) is 0 Å². The van der Waals surface area contributed by atoms with Crippen molar-refractivity contribution in [2.45, 2.75) is 18.7 Å². The normalized spacial score (nSPS) is 10.7. The standard InChI is InChI=1S/C8H10O3S.Mg.2H/c1-6-4-3-5-8(7(6)2)12(9,10)11;;;/h3-5H,1-2H3,(H,9,10,11);;;/q;+2;2*-1. The van der Waals surface area contributed by atoms with Gasteiger partial charge in [-0.15, -0.1) is 0 Å². The first kappa shape index (κ1) is 12.9. The van der Waals surface area contributed by atoms with E-state index in [-0.39, 0.29) is 30.8 Å². The quantitative estimate of drug-likeness (QED) is 0.565. The van der Waals surface area contributed by atoms with E-state index in [1.54, 1.807) is 26.0 Å². The molecule has 0 aliphatic heterocycles. The molecular weight excluding hydrogens is 200 g/mol. The minimum atomic E-state index is -4.06. The van der Waals surface area contributed by atoms with E-state index in [0.29, 0.717) is 5.56 Å². The van der Waals surface area contributed by atoms with E-state index >= 15 is 0 Å². The van der Waals surface area contributed by atoms with Crippen molar-refractivity contribution in [2.75, 3.05) is 0 Å². The molecule has 1 aromatic carbocycles. The van der Waals surface area contributed by atoms with Crippen molar-refractivity contribution in [3.05, 3.63) is 29.3 Å². The van der Waals surface area contributed by atoms with Gasteiger partial charge in [0.25, 0.3) is 10.1 Å². The second-order valence-corrected chi connectivity index (χ2v) is 4.06. The third-order valence-electron chi connectivity index (χ3n) is 1.83. The average Bonchev–Trinajstić information content (AvgIpc) is 1.92. The Morgan fingerprint density at radius 2 is 1.85 bits per heavy atom. The van der Waals surface area contributed by atoms with Crippen molar-refractivity contribution in [1.29, 1.82) is 0 Å². The van der Waals surface area contributed by atoms with Crippen LogP contribution in [-0.2, 0) is 10.1 Å².